The van der Waals surface area contributed by atoms with Crippen LogP contribution in [0.15, 0.2) is 84.1 Å². The number of ether oxygens (including phenoxy) is 3. The van der Waals surface area contributed by atoms with Gasteiger partial charge in [0.25, 0.3) is 0 Å². The van der Waals surface area contributed by atoms with Crippen molar-refractivity contribution in [2.75, 3.05) is 26.2 Å². The van der Waals surface area contributed by atoms with Gasteiger partial charge < -0.3 is 14.2 Å². The zero-order valence-electron chi connectivity index (χ0n) is 20.7. The average Bonchev–Trinajstić information content (AvgIpc) is 2.92. The normalized spacial score (nSPS) is 19.7. The Morgan fingerprint density at radius 3 is 1.94 bits per heavy atom. The molecule has 184 valence electrons. The van der Waals surface area contributed by atoms with E-state index in [9.17, 15) is 9.59 Å². The van der Waals surface area contributed by atoms with Gasteiger partial charge in [-0.25, -0.2) is 0 Å². The second-order valence-corrected chi connectivity index (χ2v) is 9.13. The molecule has 0 bridgehead atoms. The van der Waals surface area contributed by atoms with Crippen LogP contribution in [0.2, 0.25) is 0 Å². The fourth-order valence-electron chi connectivity index (χ4n) is 5.34. The number of hydrogen-bond acceptors (Lipinski definition) is 5. The lowest BCUT2D eigenvalue weighted by molar-refractivity contribution is -0.120. The molecule has 0 aromatic heterocycles. The standard InChI is InChI=1S/C30H29NO5/c1-34-23-11-9-20(10-12-23)26-18-29(33)31(22-15-24(35-2)17-25(16-22)36-3)27-13-21(14-28(32)30(26)27)19-7-5-4-6-8-19/h4-12,15-17,21,26H,13-14,18H2,1-3H3. The molecule has 1 amide bonds. The molecule has 1 aliphatic heterocycles. The van der Waals surface area contributed by atoms with Crippen LogP contribution in [0.3, 0.4) is 0 Å². The Morgan fingerprint density at radius 2 is 1.33 bits per heavy atom. The molecular weight excluding hydrogens is 454 g/mol. The molecule has 0 saturated carbocycles. The molecule has 1 heterocycles. The first-order valence-corrected chi connectivity index (χ1v) is 12.0. The summed E-state index contributed by atoms with van der Waals surface area (Å²) in [6, 6.07) is 23.1. The van der Waals surface area contributed by atoms with Gasteiger partial charge in [0.2, 0.25) is 5.91 Å². The number of anilines is 1. The Balaban J connectivity index is 1.66. The average molecular weight is 484 g/mol. The van der Waals surface area contributed by atoms with Crippen molar-refractivity contribution in [3.8, 4) is 17.2 Å². The molecule has 3 aromatic rings. The molecule has 5 rings (SSSR count). The fourth-order valence-corrected chi connectivity index (χ4v) is 5.34. The summed E-state index contributed by atoms with van der Waals surface area (Å²) in [6.45, 7) is 0. The van der Waals surface area contributed by atoms with Crippen LogP contribution in [-0.4, -0.2) is 33.0 Å². The third-order valence-corrected chi connectivity index (χ3v) is 7.11. The molecule has 0 N–H and O–H groups in total. The highest BCUT2D eigenvalue weighted by molar-refractivity contribution is 6.08. The van der Waals surface area contributed by atoms with Crippen molar-refractivity contribution < 1.29 is 23.8 Å². The summed E-state index contributed by atoms with van der Waals surface area (Å²) in [6.07, 6.45) is 1.20. The lowest BCUT2D eigenvalue weighted by atomic mass is 9.72. The molecule has 1 aliphatic carbocycles. The number of benzene rings is 3. The van der Waals surface area contributed by atoms with E-state index in [1.54, 1.807) is 32.3 Å². The molecule has 6 nitrogen and oxygen atoms in total. The van der Waals surface area contributed by atoms with E-state index in [0.29, 0.717) is 35.6 Å². The first-order chi connectivity index (χ1) is 17.5. The van der Waals surface area contributed by atoms with Crippen LogP contribution >= 0.6 is 0 Å². The van der Waals surface area contributed by atoms with E-state index in [1.165, 1.54) is 0 Å². The number of ketones is 1. The second kappa shape index (κ2) is 9.90. The largest absolute Gasteiger partial charge is 0.497 e. The van der Waals surface area contributed by atoms with E-state index in [0.717, 1.165) is 22.6 Å². The van der Waals surface area contributed by atoms with Gasteiger partial charge >= 0.3 is 0 Å². The molecule has 2 atom stereocenters. The van der Waals surface area contributed by atoms with Gasteiger partial charge in [0.1, 0.15) is 17.2 Å². The maximum Gasteiger partial charge on any atom is 0.232 e. The van der Waals surface area contributed by atoms with Crippen LogP contribution < -0.4 is 19.1 Å². The number of amides is 1. The summed E-state index contributed by atoms with van der Waals surface area (Å²) in [5.41, 5.74) is 4.14. The third-order valence-electron chi connectivity index (χ3n) is 7.11. The van der Waals surface area contributed by atoms with E-state index >= 15 is 0 Å². The predicted octanol–water partition coefficient (Wildman–Crippen LogP) is 5.63. The maximum atomic E-state index is 13.8. The molecule has 2 aliphatic rings. The molecule has 2 unspecified atom stereocenters. The van der Waals surface area contributed by atoms with Crippen molar-refractivity contribution in [1.29, 1.82) is 0 Å². The van der Waals surface area contributed by atoms with Crippen LogP contribution in [0.25, 0.3) is 0 Å². The minimum Gasteiger partial charge on any atom is -0.497 e. The Kier molecular flexibility index (Phi) is 6.51. The topological polar surface area (TPSA) is 65.1 Å². The monoisotopic (exact) mass is 483 g/mol. The van der Waals surface area contributed by atoms with E-state index in [-0.39, 0.29) is 29.9 Å². The molecule has 0 spiro atoms. The van der Waals surface area contributed by atoms with Crippen molar-refractivity contribution in [2.45, 2.75) is 31.1 Å². The van der Waals surface area contributed by atoms with Crippen LogP contribution in [0.1, 0.15) is 42.2 Å². The summed E-state index contributed by atoms with van der Waals surface area (Å²) in [5, 5.41) is 0. The quantitative estimate of drug-likeness (QED) is 0.454. The van der Waals surface area contributed by atoms with Gasteiger partial charge in [-0.3, -0.25) is 14.5 Å². The van der Waals surface area contributed by atoms with Crippen molar-refractivity contribution in [3.63, 3.8) is 0 Å². The lowest BCUT2D eigenvalue weighted by Gasteiger charge is -2.40. The number of methoxy groups -OCH3 is 3. The zero-order chi connectivity index (χ0) is 25.2. The van der Waals surface area contributed by atoms with Crippen LogP contribution in [0, 0.1) is 0 Å². The number of allylic oxidation sites excluding steroid dienone is 2. The number of carbonyl (C=O) groups is 2. The highest BCUT2D eigenvalue weighted by Crippen LogP contribution is 2.47. The first kappa shape index (κ1) is 23.7. The van der Waals surface area contributed by atoms with Gasteiger partial charge in [0, 0.05) is 48.2 Å². The van der Waals surface area contributed by atoms with Crippen LogP contribution in [0.5, 0.6) is 17.2 Å². The van der Waals surface area contributed by atoms with Gasteiger partial charge in [-0.2, -0.15) is 0 Å². The Bertz CT molecular complexity index is 1290. The Labute approximate surface area is 211 Å². The Morgan fingerprint density at radius 1 is 0.694 bits per heavy atom. The van der Waals surface area contributed by atoms with E-state index in [4.69, 9.17) is 14.2 Å². The lowest BCUT2D eigenvalue weighted by Crippen LogP contribution is -2.41. The van der Waals surface area contributed by atoms with Gasteiger partial charge in [0.05, 0.1) is 27.0 Å². The molecule has 0 fully saturated rings. The number of carbonyl (C=O) groups excluding carboxylic acids is 2. The molecule has 6 heteroatoms. The van der Waals surface area contributed by atoms with Crippen molar-refractivity contribution in [2.24, 2.45) is 0 Å². The third kappa shape index (κ3) is 4.35. The van der Waals surface area contributed by atoms with Gasteiger partial charge in [0.15, 0.2) is 5.78 Å². The van der Waals surface area contributed by atoms with E-state index in [1.807, 2.05) is 66.7 Å². The highest BCUT2D eigenvalue weighted by atomic mass is 16.5. The summed E-state index contributed by atoms with van der Waals surface area (Å²) in [5.74, 6) is 1.61. The van der Waals surface area contributed by atoms with Gasteiger partial charge in [-0.15, -0.1) is 0 Å². The molecular formula is C30H29NO5. The van der Waals surface area contributed by atoms with Crippen molar-refractivity contribution in [3.05, 3.63) is 95.2 Å². The van der Waals surface area contributed by atoms with Gasteiger partial charge in [-0.05, 0) is 35.6 Å². The molecule has 36 heavy (non-hydrogen) atoms. The number of Topliss-reactive ketones (excluding diaryl/α,β-unsaturated/α-hetero) is 1. The Hall–Kier alpha value is -4.06. The summed E-state index contributed by atoms with van der Waals surface area (Å²) >= 11 is 0. The summed E-state index contributed by atoms with van der Waals surface area (Å²) < 4.78 is 16.3. The van der Waals surface area contributed by atoms with E-state index < -0.39 is 0 Å². The number of nitrogens with zero attached hydrogens (tertiary/aromatic N) is 1. The molecule has 0 radical (unpaired) electrons. The maximum absolute atomic E-state index is 13.8. The smallest absolute Gasteiger partial charge is 0.232 e. The van der Waals surface area contributed by atoms with Crippen molar-refractivity contribution in [1.82, 2.24) is 0 Å². The first-order valence-electron chi connectivity index (χ1n) is 12.0. The molecule has 0 saturated heterocycles. The molecule has 3 aromatic carbocycles. The summed E-state index contributed by atoms with van der Waals surface area (Å²) in [7, 11) is 4.78. The predicted molar refractivity (Wildman–Crippen MR) is 138 cm³/mol. The van der Waals surface area contributed by atoms with Crippen molar-refractivity contribution >= 4 is 17.4 Å². The number of rotatable bonds is 6. The van der Waals surface area contributed by atoms with Gasteiger partial charge in [-0.1, -0.05) is 42.5 Å². The van der Waals surface area contributed by atoms with E-state index in [2.05, 4.69) is 0 Å². The number of hydrogen-bond donors (Lipinski definition) is 0. The second-order valence-electron chi connectivity index (χ2n) is 9.13. The fraction of sp³-hybridized carbons (Fsp3) is 0.267. The zero-order valence-corrected chi connectivity index (χ0v) is 20.7. The van der Waals surface area contributed by atoms with Crippen LogP contribution in [0.4, 0.5) is 5.69 Å². The van der Waals surface area contributed by atoms with Crippen LogP contribution in [-0.2, 0) is 9.59 Å². The summed E-state index contributed by atoms with van der Waals surface area (Å²) in [4.78, 5) is 29.3. The highest BCUT2D eigenvalue weighted by Gasteiger charge is 2.42. The SMILES string of the molecule is COc1ccc(C2CC(=O)N(c3cc(OC)cc(OC)c3)C3=C2C(=O)CC(c2ccccc2)C3)cc1. The minimum atomic E-state index is -0.300. The minimum absolute atomic E-state index is 0.00475.